The zero-order chi connectivity index (χ0) is 7.40. The maximum atomic E-state index is 5.80. The van der Waals surface area contributed by atoms with Gasteiger partial charge in [-0.2, -0.15) is 11.8 Å². The number of aromatic nitrogens is 1. The fourth-order valence-corrected chi connectivity index (χ4v) is 1.94. The fourth-order valence-electron chi connectivity index (χ4n) is 0.670. The number of thiazole rings is 1. The van der Waals surface area contributed by atoms with Crippen LogP contribution in [0.25, 0.3) is 0 Å². The van der Waals surface area contributed by atoms with Crippen LogP contribution in [0.15, 0.2) is 11.7 Å². The lowest BCUT2D eigenvalue weighted by Gasteiger charge is -2.04. The second-order valence-electron chi connectivity index (χ2n) is 1.97. The second-order valence-corrected chi connectivity index (χ2v) is 3.79. The standard InChI is InChI=1S/C6H10N2S2/c1-9-3-5(7)6-2-8-4-10-6/h2,4-5H,3,7H2,1H3. The molecule has 2 nitrogen and oxygen atoms in total. The molecule has 10 heavy (non-hydrogen) atoms. The Morgan fingerprint density at radius 3 is 3.20 bits per heavy atom. The van der Waals surface area contributed by atoms with Crippen molar-refractivity contribution < 1.29 is 0 Å². The molecule has 1 heterocycles. The van der Waals surface area contributed by atoms with Gasteiger partial charge in [-0.1, -0.05) is 0 Å². The van der Waals surface area contributed by atoms with E-state index in [1.54, 1.807) is 23.1 Å². The molecule has 2 N–H and O–H groups in total. The lowest BCUT2D eigenvalue weighted by molar-refractivity contribution is 0.850. The molecule has 1 aromatic heterocycles. The Morgan fingerprint density at radius 2 is 2.70 bits per heavy atom. The van der Waals surface area contributed by atoms with Crippen molar-refractivity contribution in [3.05, 3.63) is 16.6 Å². The van der Waals surface area contributed by atoms with Crippen molar-refractivity contribution in [1.29, 1.82) is 0 Å². The molecule has 0 spiro atoms. The first-order valence-electron chi connectivity index (χ1n) is 2.97. The summed E-state index contributed by atoms with van der Waals surface area (Å²) in [6.07, 6.45) is 3.90. The molecule has 0 amide bonds. The molecule has 0 saturated heterocycles. The third-order valence-corrected chi connectivity index (χ3v) is 2.76. The topological polar surface area (TPSA) is 38.9 Å². The summed E-state index contributed by atoms with van der Waals surface area (Å²) in [4.78, 5) is 5.13. The first-order valence-corrected chi connectivity index (χ1v) is 5.25. The van der Waals surface area contributed by atoms with Crippen molar-refractivity contribution >= 4 is 23.1 Å². The third kappa shape index (κ3) is 1.97. The van der Waals surface area contributed by atoms with Gasteiger partial charge in [0.25, 0.3) is 0 Å². The second kappa shape index (κ2) is 3.95. The zero-order valence-corrected chi connectivity index (χ0v) is 7.41. The molecule has 1 unspecified atom stereocenters. The number of hydrogen-bond acceptors (Lipinski definition) is 4. The van der Waals surface area contributed by atoms with E-state index in [4.69, 9.17) is 5.73 Å². The fraction of sp³-hybridized carbons (Fsp3) is 0.500. The molecule has 4 heteroatoms. The van der Waals surface area contributed by atoms with Crippen molar-refractivity contribution in [2.45, 2.75) is 6.04 Å². The van der Waals surface area contributed by atoms with Crippen molar-refractivity contribution in [3.8, 4) is 0 Å². The van der Waals surface area contributed by atoms with Gasteiger partial charge in [-0.15, -0.1) is 11.3 Å². The molecule has 1 rings (SSSR count). The Kier molecular flexibility index (Phi) is 3.18. The number of thioether (sulfide) groups is 1. The summed E-state index contributed by atoms with van der Waals surface area (Å²) in [5, 5.41) is 0. The Hall–Kier alpha value is -0.0600. The van der Waals surface area contributed by atoms with E-state index in [-0.39, 0.29) is 6.04 Å². The van der Waals surface area contributed by atoms with Crippen molar-refractivity contribution in [2.24, 2.45) is 5.73 Å². The predicted octanol–water partition coefficient (Wildman–Crippen LogP) is 1.51. The minimum Gasteiger partial charge on any atom is -0.323 e. The van der Waals surface area contributed by atoms with Gasteiger partial charge in [0.15, 0.2) is 0 Å². The van der Waals surface area contributed by atoms with Gasteiger partial charge in [-0.25, -0.2) is 0 Å². The van der Waals surface area contributed by atoms with Crippen LogP contribution in [0.1, 0.15) is 10.9 Å². The van der Waals surface area contributed by atoms with Crippen molar-refractivity contribution in [2.75, 3.05) is 12.0 Å². The third-order valence-electron chi connectivity index (χ3n) is 1.16. The highest BCUT2D eigenvalue weighted by molar-refractivity contribution is 7.98. The summed E-state index contributed by atoms with van der Waals surface area (Å²) in [7, 11) is 0. The van der Waals surface area contributed by atoms with E-state index in [1.165, 1.54) is 4.88 Å². The summed E-state index contributed by atoms with van der Waals surface area (Å²) in [5.41, 5.74) is 7.61. The normalized spacial score (nSPS) is 13.4. The van der Waals surface area contributed by atoms with E-state index < -0.39 is 0 Å². The molecule has 1 aromatic rings. The van der Waals surface area contributed by atoms with Gasteiger partial charge in [0.1, 0.15) is 0 Å². The first kappa shape index (κ1) is 8.04. The minimum absolute atomic E-state index is 0.169. The van der Waals surface area contributed by atoms with Crippen LogP contribution in [0.5, 0.6) is 0 Å². The summed E-state index contributed by atoms with van der Waals surface area (Å²) in [5.74, 6) is 0.974. The van der Waals surface area contributed by atoms with E-state index in [0.717, 1.165) is 5.75 Å². The predicted molar refractivity (Wildman–Crippen MR) is 47.4 cm³/mol. The lowest BCUT2D eigenvalue weighted by Crippen LogP contribution is -2.10. The lowest BCUT2D eigenvalue weighted by atomic mass is 10.3. The van der Waals surface area contributed by atoms with Crippen LogP contribution in [0.4, 0.5) is 0 Å². The minimum atomic E-state index is 0.169. The molecule has 0 bridgehead atoms. The van der Waals surface area contributed by atoms with Crippen LogP contribution >= 0.6 is 23.1 Å². The van der Waals surface area contributed by atoms with E-state index in [0.29, 0.717) is 0 Å². The number of rotatable bonds is 3. The maximum absolute atomic E-state index is 5.80. The van der Waals surface area contributed by atoms with Gasteiger partial charge in [-0.3, -0.25) is 4.98 Å². The Bertz CT molecular complexity index is 174. The highest BCUT2D eigenvalue weighted by atomic mass is 32.2. The van der Waals surface area contributed by atoms with E-state index >= 15 is 0 Å². The molecule has 0 aromatic carbocycles. The molecule has 1 atom stereocenters. The molecule has 0 radical (unpaired) electrons. The average Bonchev–Trinajstić information content (AvgIpc) is 2.38. The number of nitrogens with two attached hydrogens (primary N) is 1. The van der Waals surface area contributed by atoms with E-state index in [9.17, 15) is 0 Å². The first-order chi connectivity index (χ1) is 4.84. The Morgan fingerprint density at radius 1 is 1.90 bits per heavy atom. The van der Waals surface area contributed by atoms with Crippen LogP contribution in [0.2, 0.25) is 0 Å². The molecule has 56 valence electrons. The molecule has 0 fully saturated rings. The summed E-state index contributed by atoms with van der Waals surface area (Å²) in [6.45, 7) is 0. The van der Waals surface area contributed by atoms with E-state index in [2.05, 4.69) is 11.2 Å². The highest BCUT2D eigenvalue weighted by Crippen LogP contribution is 2.17. The van der Waals surface area contributed by atoms with Gasteiger partial charge < -0.3 is 5.73 Å². The molecular weight excluding hydrogens is 164 g/mol. The Labute approximate surface area is 68.8 Å². The van der Waals surface area contributed by atoms with E-state index in [1.807, 2.05) is 11.7 Å². The van der Waals surface area contributed by atoms with Gasteiger partial charge in [0.05, 0.1) is 5.51 Å². The average molecular weight is 174 g/mol. The summed E-state index contributed by atoms with van der Waals surface area (Å²) in [6, 6.07) is 0.169. The smallest absolute Gasteiger partial charge is 0.0794 e. The molecule has 0 aliphatic carbocycles. The molecule has 0 aliphatic heterocycles. The monoisotopic (exact) mass is 174 g/mol. The highest BCUT2D eigenvalue weighted by Gasteiger charge is 2.04. The van der Waals surface area contributed by atoms with Crippen LogP contribution in [0.3, 0.4) is 0 Å². The largest absolute Gasteiger partial charge is 0.323 e. The van der Waals surface area contributed by atoms with Crippen LogP contribution < -0.4 is 5.73 Å². The maximum Gasteiger partial charge on any atom is 0.0794 e. The van der Waals surface area contributed by atoms with Crippen LogP contribution in [-0.4, -0.2) is 17.0 Å². The summed E-state index contributed by atoms with van der Waals surface area (Å²) >= 11 is 3.38. The van der Waals surface area contributed by atoms with Gasteiger partial charge in [0, 0.05) is 22.9 Å². The van der Waals surface area contributed by atoms with Crippen molar-refractivity contribution in [3.63, 3.8) is 0 Å². The SMILES string of the molecule is CSCC(N)c1cncs1. The number of hydrogen-bond donors (Lipinski definition) is 1. The van der Waals surface area contributed by atoms with Crippen LogP contribution in [0, 0.1) is 0 Å². The molecule has 0 aliphatic rings. The molecular formula is C6H10N2S2. The quantitative estimate of drug-likeness (QED) is 0.755. The van der Waals surface area contributed by atoms with Gasteiger partial charge >= 0.3 is 0 Å². The Balaban J connectivity index is 2.50. The molecule has 0 saturated carbocycles. The zero-order valence-electron chi connectivity index (χ0n) is 5.78. The summed E-state index contributed by atoms with van der Waals surface area (Å²) < 4.78 is 0. The van der Waals surface area contributed by atoms with Crippen LogP contribution in [-0.2, 0) is 0 Å². The van der Waals surface area contributed by atoms with Gasteiger partial charge in [0.2, 0.25) is 0 Å². The van der Waals surface area contributed by atoms with Gasteiger partial charge in [-0.05, 0) is 6.26 Å². The number of nitrogens with zero attached hydrogens (tertiary/aromatic N) is 1. The van der Waals surface area contributed by atoms with Crippen molar-refractivity contribution in [1.82, 2.24) is 4.98 Å².